The molecule has 0 aliphatic heterocycles. The number of rotatable bonds is 10. The van der Waals surface area contributed by atoms with Gasteiger partial charge < -0.3 is 18.6 Å². The fraction of sp³-hybridized carbons (Fsp3) is 0.189. The van der Waals surface area contributed by atoms with Gasteiger partial charge in [-0.05, 0) is 61.2 Å². The van der Waals surface area contributed by atoms with Crippen LogP contribution in [-0.4, -0.2) is 17.7 Å². The van der Waals surface area contributed by atoms with Gasteiger partial charge in [0, 0.05) is 11.6 Å². The lowest BCUT2D eigenvalue weighted by atomic mass is 10.1. The average Bonchev–Trinajstić information content (AvgIpc) is 3.57. The number of ether oxygens (including phenoxy) is 3. The number of carbonyl (C=O) groups is 2. The molecule has 7 nitrogen and oxygen atoms in total. The number of furan rings is 1. The molecule has 1 heterocycles. The number of amides is 1. The molecule has 0 atom stereocenters. The Balaban J connectivity index is 1.45. The van der Waals surface area contributed by atoms with Crippen LogP contribution in [0.5, 0.6) is 5.75 Å². The second kappa shape index (κ2) is 13.8. The van der Waals surface area contributed by atoms with Crippen LogP contribution in [0.1, 0.15) is 47.8 Å². The van der Waals surface area contributed by atoms with Crippen molar-refractivity contribution in [3.05, 3.63) is 144 Å². The van der Waals surface area contributed by atoms with Gasteiger partial charge in [0.05, 0.1) is 24.8 Å². The van der Waals surface area contributed by atoms with Crippen molar-refractivity contribution in [3.8, 4) is 16.9 Å². The smallest absolute Gasteiger partial charge is 0.415 e. The van der Waals surface area contributed by atoms with Crippen LogP contribution in [-0.2, 0) is 29.2 Å². The second-order valence-electron chi connectivity index (χ2n) is 11.3. The predicted octanol–water partition coefficient (Wildman–Crippen LogP) is 8.82. The molecule has 0 aliphatic carbocycles. The molecule has 7 heteroatoms. The van der Waals surface area contributed by atoms with Crippen LogP contribution in [0, 0.1) is 0 Å². The van der Waals surface area contributed by atoms with E-state index in [1.165, 1.54) is 4.90 Å². The minimum absolute atomic E-state index is 0.123. The molecule has 0 bridgehead atoms. The Kier molecular flexibility index (Phi) is 9.45. The van der Waals surface area contributed by atoms with Crippen molar-refractivity contribution >= 4 is 17.7 Å². The maximum Gasteiger partial charge on any atom is 0.415 e. The molecular weight excluding hydrogens is 554 g/mol. The lowest BCUT2D eigenvalue weighted by Crippen LogP contribution is -2.36. The standard InChI is InChI=1S/C37H35NO6/c1-37(2,3)44-36(40)38(23-27-14-16-30(17-15-27)31-20-21-41-26-31)32-18-19-33(35(39)43-25-29-12-8-5-9-13-29)34(22-32)42-24-28-10-6-4-7-11-28/h4-22,26H,23-25H2,1-3H3. The van der Waals surface area contributed by atoms with Crippen molar-refractivity contribution in [2.24, 2.45) is 0 Å². The zero-order chi connectivity index (χ0) is 30.9. The number of hydrogen-bond donors (Lipinski definition) is 0. The summed E-state index contributed by atoms with van der Waals surface area (Å²) < 4.78 is 22.8. The van der Waals surface area contributed by atoms with Crippen LogP contribution in [0.15, 0.2) is 126 Å². The quantitative estimate of drug-likeness (QED) is 0.152. The Morgan fingerprint density at radius 2 is 1.39 bits per heavy atom. The SMILES string of the molecule is CC(C)(C)OC(=O)N(Cc1ccc(-c2ccoc2)cc1)c1ccc(C(=O)OCc2ccccc2)c(OCc2ccccc2)c1. The zero-order valence-corrected chi connectivity index (χ0v) is 25.1. The molecule has 0 saturated heterocycles. The van der Waals surface area contributed by atoms with Gasteiger partial charge in [-0.15, -0.1) is 0 Å². The minimum Gasteiger partial charge on any atom is -0.488 e. The molecule has 0 aliphatic rings. The molecule has 44 heavy (non-hydrogen) atoms. The molecule has 5 aromatic rings. The minimum atomic E-state index is -0.714. The predicted molar refractivity (Wildman–Crippen MR) is 169 cm³/mol. The maximum absolute atomic E-state index is 13.5. The lowest BCUT2D eigenvalue weighted by Gasteiger charge is -2.28. The van der Waals surface area contributed by atoms with E-state index in [9.17, 15) is 9.59 Å². The molecule has 224 valence electrons. The number of esters is 1. The molecule has 1 aromatic heterocycles. The maximum atomic E-state index is 13.5. The van der Waals surface area contributed by atoms with Gasteiger partial charge in [0.2, 0.25) is 0 Å². The van der Waals surface area contributed by atoms with Crippen molar-refractivity contribution in [2.45, 2.75) is 46.1 Å². The summed E-state index contributed by atoms with van der Waals surface area (Å²) in [4.78, 5) is 28.3. The van der Waals surface area contributed by atoms with E-state index in [0.717, 1.165) is 27.8 Å². The largest absolute Gasteiger partial charge is 0.488 e. The van der Waals surface area contributed by atoms with Crippen molar-refractivity contribution in [1.29, 1.82) is 0 Å². The molecular formula is C37H35NO6. The van der Waals surface area contributed by atoms with Gasteiger partial charge in [-0.3, -0.25) is 4.90 Å². The number of anilines is 1. The molecule has 0 radical (unpaired) electrons. The van der Waals surface area contributed by atoms with Crippen molar-refractivity contribution in [3.63, 3.8) is 0 Å². The summed E-state index contributed by atoms with van der Waals surface area (Å²) in [6.45, 7) is 6.05. The zero-order valence-electron chi connectivity index (χ0n) is 25.1. The summed E-state index contributed by atoms with van der Waals surface area (Å²) in [6.07, 6.45) is 2.79. The molecule has 1 amide bonds. The fourth-order valence-electron chi connectivity index (χ4n) is 4.50. The van der Waals surface area contributed by atoms with Gasteiger partial charge in [0.25, 0.3) is 0 Å². The normalized spacial score (nSPS) is 11.1. The highest BCUT2D eigenvalue weighted by atomic mass is 16.6. The van der Waals surface area contributed by atoms with Crippen LogP contribution in [0.25, 0.3) is 11.1 Å². The summed E-state index contributed by atoms with van der Waals surface area (Å²) in [5, 5.41) is 0. The molecule has 0 N–H and O–H groups in total. The Labute approximate surface area is 257 Å². The highest BCUT2D eigenvalue weighted by Crippen LogP contribution is 2.31. The van der Waals surface area contributed by atoms with Crippen LogP contribution < -0.4 is 9.64 Å². The van der Waals surface area contributed by atoms with Crippen LogP contribution in [0.3, 0.4) is 0 Å². The Bertz CT molecular complexity index is 1660. The summed E-state index contributed by atoms with van der Waals surface area (Å²) >= 11 is 0. The molecule has 0 fully saturated rings. The first-order valence-corrected chi connectivity index (χ1v) is 14.4. The van der Waals surface area contributed by atoms with Gasteiger partial charge in [-0.2, -0.15) is 0 Å². The summed E-state index contributed by atoms with van der Waals surface area (Å²) in [7, 11) is 0. The lowest BCUT2D eigenvalue weighted by molar-refractivity contribution is 0.0467. The third kappa shape index (κ3) is 8.16. The van der Waals surface area contributed by atoms with E-state index in [0.29, 0.717) is 11.4 Å². The van der Waals surface area contributed by atoms with Gasteiger partial charge in [0.15, 0.2) is 0 Å². The Hall–Kier alpha value is -5.30. The highest BCUT2D eigenvalue weighted by molar-refractivity contribution is 5.95. The molecule has 5 rings (SSSR count). The number of carbonyl (C=O) groups excluding carboxylic acids is 2. The van der Waals surface area contributed by atoms with Crippen molar-refractivity contribution < 1.29 is 28.2 Å². The number of nitrogens with zero attached hydrogens (tertiary/aromatic N) is 1. The van der Waals surface area contributed by atoms with Crippen LogP contribution in [0.4, 0.5) is 10.5 Å². The Morgan fingerprint density at radius 3 is 2.00 bits per heavy atom. The molecule has 4 aromatic carbocycles. The second-order valence-corrected chi connectivity index (χ2v) is 11.3. The van der Waals surface area contributed by atoms with E-state index in [4.69, 9.17) is 18.6 Å². The van der Waals surface area contributed by atoms with E-state index in [-0.39, 0.29) is 25.3 Å². The van der Waals surface area contributed by atoms with Crippen LogP contribution in [0.2, 0.25) is 0 Å². The number of hydrogen-bond acceptors (Lipinski definition) is 6. The molecule has 0 saturated carbocycles. The third-order valence-electron chi connectivity index (χ3n) is 6.71. The van der Waals surface area contributed by atoms with Gasteiger partial charge in [0.1, 0.15) is 30.1 Å². The average molecular weight is 590 g/mol. The van der Waals surface area contributed by atoms with Crippen molar-refractivity contribution in [2.75, 3.05) is 4.90 Å². The Morgan fingerprint density at radius 1 is 0.727 bits per heavy atom. The van der Waals surface area contributed by atoms with Crippen molar-refractivity contribution in [1.82, 2.24) is 0 Å². The van der Waals surface area contributed by atoms with E-state index < -0.39 is 17.7 Å². The topological polar surface area (TPSA) is 78.2 Å². The summed E-state index contributed by atoms with van der Waals surface area (Å²) in [5.74, 6) is -0.226. The third-order valence-corrected chi connectivity index (χ3v) is 6.71. The monoisotopic (exact) mass is 589 g/mol. The van der Waals surface area contributed by atoms with E-state index in [1.54, 1.807) is 30.7 Å². The van der Waals surface area contributed by atoms with E-state index >= 15 is 0 Å². The number of benzene rings is 4. The first kappa shape index (κ1) is 30.2. The molecule has 0 spiro atoms. The van der Waals surface area contributed by atoms with Gasteiger partial charge in [-0.1, -0.05) is 84.9 Å². The fourth-order valence-corrected chi connectivity index (χ4v) is 4.50. The van der Waals surface area contributed by atoms with Crippen LogP contribution >= 0.6 is 0 Å². The first-order valence-electron chi connectivity index (χ1n) is 14.4. The molecule has 0 unspecified atom stereocenters. The van der Waals surface area contributed by atoms with Gasteiger partial charge >= 0.3 is 12.1 Å². The first-order chi connectivity index (χ1) is 21.2. The van der Waals surface area contributed by atoms with E-state index in [1.807, 2.05) is 112 Å². The summed E-state index contributed by atoms with van der Waals surface area (Å²) in [6, 6.07) is 33.9. The van der Waals surface area contributed by atoms with Gasteiger partial charge in [-0.25, -0.2) is 9.59 Å². The summed E-state index contributed by atoms with van der Waals surface area (Å²) in [5.41, 5.74) is 4.73. The highest BCUT2D eigenvalue weighted by Gasteiger charge is 2.26. The van der Waals surface area contributed by atoms with E-state index in [2.05, 4.69) is 0 Å².